The molecule has 1 saturated carbocycles. The number of benzene rings is 1. The van der Waals surface area contributed by atoms with Crippen LogP contribution in [0.25, 0.3) is 0 Å². The summed E-state index contributed by atoms with van der Waals surface area (Å²) in [5, 5.41) is 0. The van der Waals surface area contributed by atoms with Crippen LogP contribution < -0.4 is 10.5 Å². The van der Waals surface area contributed by atoms with E-state index in [0.29, 0.717) is 11.6 Å². The van der Waals surface area contributed by atoms with Gasteiger partial charge in [0.2, 0.25) is 0 Å². The first-order valence-electron chi connectivity index (χ1n) is 6.55. The molecule has 1 aromatic rings. The van der Waals surface area contributed by atoms with Crippen LogP contribution in [0.15, 0.2) is 18.2 Å². The molecule has 1 aliphatic carbocycles. The molecule has 0 aliphatic heterocycles. The van der Waals surface area contributed by atoms with Gasteiger partial charge in [-0.2, -0.15) is 13.2 Å². The summed E-state index contributed by atoms with van der Waals surface area (Å²) in [6.45, 7) is -1.28. The molecule has 0 aromatic heterocycles. The molecule has 0 spiro atoms. The van der Waals surface area contributed by atoms with Crippen LogP contribution >= 0.6 is 0 Å². The largest absolute Gasteiger partial charge is 0.484 e. The van der Waals surface area contributed by atoms with E-state index in [2.05, 4.69) is 4.74 Å². The molecule has 0 heterocycles. The zero-order valence-corrected chi connectivity index (χ0v) is 10.7. The van der Waals surface area contributed by atoms with Gasteiger partial charge in [0.1, 0.15) is 5.75 Å². The van der Waals surface area contributed by atoms with E-state index in [1.165, 1.54) is 25.3 Å². The first kappa shape index (κ1) is 14.0. The van der Waals surface area contributed by atoms with Crippen LogP contribution in [0.5, 0.6) is 5.75 Å². The normalized spacial score (nSPS) is 17.4. The molecule has 0 bridgehead atoms. The lowest BCUT2D eigenvalue weighted by Gasteiger charge is -2.23. The summed E-state index contributed by atoms with van der Waals surface area (Å²) in [4.78, 5) is 0. The second kappa shape index (κ2) is 5.72. The van der Waals surface area contributed by atoms with Crippen molar-refractivity contribution in [2.24, 2.45) is 0 Å². The average molecular weight is 273 g/mol. The summed E-state index contributed by atoms with van der Waals surface area (Å²) in [6.07, 6.45) is 1.52. The smallest absolute Gasteiger partial charge is 0.422 e. The van der Waals surface area contributed by atoms with Crippen LogP contribution in [-0.4, -0.2) is 12.8 Å². The molecule has 0 unspecified atom stereocenters. The number of rotatable bonds is 3. The molecule has 106 valence electrons. The minimum absolute atomic E-state index is 0.175. The van der Waals surface area contributed by atoms with Crippen molar-refractivity contribution in [3.05, 3.63) is 23.8 Å². The SMILES string of the molecule is Nc1cc(OCC(F)(F)F)ccc1C1CCCCC1. The quantitative estimate of drug-likeness (QED) is 0.835. The highest BCUT2D eigenvalue weighted by molar-refractivity contribution is 5.53. The Kier molecular flexibility index (Phi) is 4.22. The lowest BCUT2D eigenvalue weighted by molar-refractivity contribution is -0.153. The Hall–Kier alpha value is -1.39. The number of nitrogens with two attached hydrogens (primary N) is 1. The summed E-state index contributed by atoms with van der Waals surface area (Å²) in [5.41, 5.74) is 7.50. The molecule has 0 amide bonds. The van der Waals surface area contributed by atoms with Gasteiger partial charge in [0, 0.05) is 11.8 Å². The van der Waals surface area contributed by atoms with E-state index in [1.54, 1.807) is 12.1 Å². The Balaban J connectivity index is 2.04. The van der Waals surface area contributed by atoms with E-state index < -0.39 is 12.8 Å². The number of ether oxygens (including phenoxy) is 1. The Morgan fingerprint density at radius 3 is 2.42 bits per heavy atom. The van der Waals surface area contributed by atoms with Crippen molar-refractivity contribution >= 4 is 5.69 Å². The molecule has 1 fully saturated rings. The lowest BCUT2D eigenvalue weighted by Crippen LogP contribution is -2.19. The molecule has 0 atom stereocenters. The van der Waals surface area contributed by atoms with Gasteiger partial charge in [-0.25, -0.2) is 0 Å². The number of hydrogen-bond donors (Lipinski definition) is 1. The number of anilines is 1. The van der Waals surface area contributed by atoms with E-state index in [4.69, 9.17) is 5.73 Å². The summed E-state index contributed by atoms with van der Waals surface area (Å²) >= 11 is 0. The van der Waals surface area contributed by atoms with Crippen molar-refractivity contribution in [1.29, 1.82) is 0 Å². The van der Waals surface area contributed by atoms with E-state index >= 15 is 0 Å². The Morgan fingerprint density at radius 2 is 1.84 bits per heavy atom. The van der Waals surface area contributed by atoms with Crippen LogP contribution in [-0.2, 0) is 0 Å². The Bertz CT molecular complexity index is 425. The van der Waals surface area contributed by atoms with E-state index in [-0.39, 0.29) is 5.75 Å². The van der Waals surface area contributed by atoms with Crippen LogP contribution in [0.1, 0.15) is 43.6 Å². The molecule has 0 saturated heterocycles. The predicted octanol–water partition coefficient (Wildman–Crippen LogP) is 4.26. The van der Waals surface area contributed by atoms with Crippen LogP contribution in [0.2, 0.25) is 0 Å². The van der Waals surface area contributed by atoms with Gasteiger partial charge < -0.3 is 10.5 Å². The van der Waals surface area contributed by atoms with E-state index in [1.807, 2.05) is 0 Å². The predicted molar refractivity (Wildman–Crippen MR) is 68.2 cm³/mol. The third kappa shape index (κ3) is 4.04. The number of alkyl halides is 3. The third-order valence-corrected chi connectivity index (χ3v) is 3.51. The fraction of sp³-hybridized carbons (Fsp3) is 0.571. The minimum Gasteiger partial charge on any atom is -0.484 e. The van der Waals surface area contributed by atoms with Gasteiger partial charge in [-0.05, 0) is 30.4 Å². The van der Waals surface area contributed by atoms with Gasteiger partial charge in [-0.3, -0.25) is 0 Å². The van der Waals surface area contributed by atoms with Crippen molar-refractivity contribution in [3.63, 3.8) is 0 Å². The van der Waals surface area contributed by atoms with Gasteiger partial charge in [0.15, 0.2) is 6.61 Å². The van der Waals surface area contributed by atoms with Gasteiger partial charge in [-0.15, -0.1) is 0 Å². The maximum absolute atomic E-state index is 12.1. The fourth-order valence-corrected chi connectivity index (χ4v) is 2.59. The average Bonchev–Trinajstić information content (AvgIpc) is 2.37. The first-order chi connectivity index (χ1) is 8.96. The highest BCUT2D eigenvalue weighted by Gasteiger charge is 2.28. The van der Waals surface area contributed by atoms with Crippen molar-refractivity contribution in [3.8, 4) is 5.75 Å². The zero-order chi connectivity index (χ0) is 13.9. The molecule has 0 radical (unpaired) electrons. The summed E-state index contributed by atoms with van der Waals surface area (Å²) in [5.74, 6) is 0.611. The monoisotopic (exact) mass is 273 g/mol. The number of halogens is 3. The molecule has 1 aliphatic rings. The van der Waals surface area contributed by atoms with Crippen molar-refractivity contribution < 1.29 is 17.9 Å². The van der Waals surface area contributed by atoms with Crippen molar-refractivity contribution in [2.75, 3.05) is 12.3 Å². The lowest BCUT2D eigenvalue weighted by atomic mass is 9.83. The maximum atomic E-state index is 12.1. The maximum Gasteiger partial charge on any atom is 0.422 e. The van der Waals surface area contributed by atoms with Crippen LogP contribution in [0.4, 0.5) is 18.9 Å². The Labute approximate surface area is 110 Å². The first-order valence-corrected chi connectivity index (χ1v) is 6.55. The molecule has 19 heavy (non-hydrogen) atoms. The second-order valence-electron chi connectivity index (χ2n) is 5.03. The molecular formula is C14H18F3NO. The number of hydrogen-bond acceptors (Lipinski definition) is 2. The molecule has 2 rings (SSSR count). The second-order valence-corrected chi connectivity index (χ2v) is 5.03. The number of nitrogen functional groups attached to an aromatic ring is 1. The molecule has 1 aromatic carbocycles. The zero-order valence-electron chi connectivity index (χ0n) is 10.7. The summed E-state index contributed by atoms with van der Waals surface area (Å²) in [7, 11) is 0. The molecule has 2 N–H and O–H groups in total. The third-order valence-electron chi connectivity index (χ3n) is 3.51. The van der Waals surface area contributed by atoms with Gasteiger partial charge in [-0.1, -0.05) is 25.3 Å². The highest BCUT2D eigenvalue weighted by atomic mass is 19.4. The van der Waals surface area contributed by atoms with E-state index in [9.17, 15) is 13.2 Å². The molecule has 5 heteroatoms. The molecule has 2 nitrogen and oxygen atoms in total. The Morgan fingerprint density at radius 1 is 1.16 bits per heavy atom. The fourth-order valence-electron chi connectivity index (χ4n) is 2.59. The molecular weight excluding hydrogens is 255 g/mol. The standard InChI is InChI=1S/C14H18F3NO/c15-14(16,17)9-19-11-6-7-12(13(18)8-11)10-4-2-1-3-5-10/h6-8,10H,1-5,9,18H2. The topological polar surface area (TPSA) is 35.2 Å². The van der Waals surface area contributed by atoms with Gasteiger partial charge >= 0.3 is 6.18 Å². The highest BCUT2D eigenvalue weighted by Crippen LogP contribution is 2.36. The summed E-state index contributed by atoms with van der Waals surface area (Å²) in [6, 6.07) is 4.87. The van der Waals surface area contributed by atoms with E-state index in [0.717, 1.165) is 18.4 Å². The minimum atomic E-state index is -4.32. The summed E-state index contributed by atoms with van der Waals surface area (Å²) < 4.78 is 40.9. The van der Waals surface area contributed by atoms with Gasteiger partial charge in [0.05, 0.1) is 0 Å². The van der Waals surface area contributed by atoms with Crippen LogP contribution in [0.3, 0.4) is 0 Å². The van der Waals surface area contributed by atoms with Gasteiger partial charge in [0.25, 0.3) is 0 Å². The van der Waals surface area contributed by atoms with Crippen molar-refractivity contribution in [2.45, 2.75) is 44.2 Å². The van der Waals surface area contributed by atoms with Crippen molar-refractivity contribution in [1.82, 2.24) is 0 Å². The van der Waals surface area contributed by atoms with Crippen LogP contribution in [0, 0.1) is 0 Å².